The van der Waals surface area contributed by atoms with Gasteiger partial charge in [0.15, 0.2) is 35.7 Å². The van der Waals surface area contributed by atoms with Gasteiger partial charge in [0.25, 0.3) is 0 Å². The third-order valence-electron chi connectivity index (χ3n) is 6.88. The van der Waals surface area contributed by atoms with Gasteiger partial charge in [-0.3, -0.25) is 0 Å². The average molecular weight is 611 g/mol. The zero-order valence-corrected chi connectivity index (χ0v) is 21.5. The molecule has 1 aromatic heterocycles. The van der Waals surface area contributed by atoms with Crippen LogP contribution in [0.5, 0.6) is 23.0 Å². The van der Waals surface area contributed by atoms with E-state index in [0.29, 0.717) is 16.9 Å². The van der Waals surface area contributed by atoms with Gasteiger partial charge in [-0.15, -0.1) is 0 Å². The summed E-state index contributed by atoms with van der Waals surface area (Å²) in [5.41, 5.74) is 3.26. The normalized spacial score (nSPS) is 26.1. The topological polar surface area (TPSA) is 131 Å². The molecule has 5 atom stereocenters. The van der Waals surface area contributed by atoms with E-state index in [0.717, 1.165) is 41.1 Å². The van der Waals surface area contributed by atoms with Crippen molar-refractivity contribution in [1.29, 1.82) is 0 Å². The van der Waals surface area contributed by atoms with Crippen molar-refractivity contribution < 1.29 is 72.7 Å². The molecule has 1 saturated heterocycles. The minimum atomic E-state index is -1.54. The van der Waals surface area contributed by atoms with Crippen LogP contribution in [0.15, 0.2) is 36.5 Å². The lowest BCUT2D eigenvalue weighted by Crippen LogP contribution is -3.00. The molecule has 4 N–H and O–H groups in total. The van der Waals surface area contributed by atoms with Gasteiger partial charge in [0, 0.05) is 12.5 Å². The van der Waals surface area contributed by atoms with Gasteiger partial charge in [0.2, 0.25) is 18.8 Å². The Hall–Kier alpha value is -2.42. The highest BCUT2D eigenvalue weighted by molar-refractivity contribution is 5.91. The van der Waals surface area contributed by atoms with Crippen LogP contribution in [0.2, 0.25) is 0 Å². The second-order valence-electron chi connectivity index (χ2n) is 8.88. The number of fused-ring (bicyclic) bond motifs is 5. The first kappa shape index (κ1) is 25.2. The summed E-state index contributed by atoms with van der Waals surface area (Å²) >= 11 is 0. The number of benzene rings is 2. The maximum Gasteiger partial charge on any atom is 0.231 e. The van der Waals surface area contributed by atoms with E-state index in [4.69, 9.17) is 23.7 Å². The highest BCUT2D eigenvalue weighted by atomic mass is 127. The standard InChI is InChI=1S/C25H26NO9.HI/c1-31-17-3-2-12-6-16-14-8-19-18(32-11-33-19)7-13(14)4-5-26(16)9-15(12)24(17)35-25-23(30)22(29)21(28)20(10-27)34-25;/h2-3,6-9,20-23,25,27-30H,4-5,10-11H2,1H3;1H/q+1;/p-1/t20-,21-,22+,23-,25?;/m1./s1. The van der Waals surface area contributed by atoms with Gasteiger partial charge >= 0.3 is 0 Å². The summed E-state index contributed by atoms with van der Waals surface area (Å²) in [7, 11) is 1.51. The molecule has 0 bridgehead atoms. The smallest absolute Gasteiger partial charge is 0.231 e. The summed E-state index contributed by atoms with van der Waals surface area (Å²) in [4.78, 5) is 0. The number of halogens is 1. The number of nitrogens with zero attached hydrogens (tertiary/aromatic N) is 1. The van der Waals surface area contributed by atoms with Crippen LogP contribution in [0.25, 0.3) is 22.0 Å². The third-order valence-corrected chi connectivity index (χ3v) is 6.88. The number of aryl methyl sites for hydroxylation is 2. The number of pyridine rings is 1. The number of methoxy groups -OCH3 is 1. The summed E-state index contributed by atoms with van der Waals surface area (Å²) in [6, 6.07) is 9.75. The Kier molecular flexibility index (Phi) is 6.87. The lowest BCUT2D eigenvalue weighted by atomic mass is 9.95. The number of hydrogen-bond acceptors (Lipinski definition) is 9. The molecule has 36 heavy (non-hydrogen) atoms. The van der Waals surface area contributed by atoms with Crippen LogP contribution in [0.3, 0.4) is 0 Å². The van der Waals surface area contributed by atoms with Crippen LogP contribution >= 0.6 is 0 Å². The van der Waals surface area contributed by atoms with Crippen LogP contribution in [-0.4, -0.2) is 71.6 Å². The summed E-state index contributed by atoms with van der Waals surface area (Å²) in [6.45, 7) is 0.404. The first-order chi connectivity index (χ1) is 17.0. The predicted molar refractivity (Wildman–Crippen MR) is 120 cm³/mol. The zero-order chi connectivity index (χ0) is 24.3. The van der Waals surface area contributed by atoms with Gasteiger partial charge in [0.1, 0.15) is 24.4 Å². The van der Waals surface area contributed by atoms with E-state index < -0.39 is 37.3 Å². The van der Waals surface area contributed by atoms with Crippen molar-refractivity contribution in [3.8, 4) is 34.3 Å². The fourth-order valence-electron chi connectivity index (χ4n) is 4.96. The molecule has 6 rings (SSSR count). The molecular formula is C25H26INO9. The molecule has 11 heteroatoms. The monoisotopic (exact) mass is 611 g/mol. The van der Waals surface area contributed by atoms with Crippen molar-refractivity contribution in [3.63, 3.8) is 0 Å². The summed E-state index contributed by atoms with van der Waals surface area (Å²) in [5.74, 6) is 2.22. The van der Waals surface area contributed by atoms with E-state index in [2.05, 4.69) is 10.6 Å². The van der Waals surface area contributed by atoms with Crippen LogP contribution < -0.4 is 47.5 Å². The minimum Gasteiger partial charge on any atom is -1.00 e. The first-order valence-corrected chi connectivity index (χ1v) is 11.4. The number of aromatic nitrogens is 1. The van der Waals surface area contributed by atoms with Crippen molar-refractivity contribution in [1.82, 2.24) is 0 Å². The van der Waals surface area contributed by atoms with E-state index in [9.17, 15) is 20.4 Å². The van der Waals surface area contributed by atoms with E-state index >= 15 is 0 Å². The van der Waals surface area contributed by atoms with Crippen LogP contribution in [0, 0.1) is 0 Å². The molecule has 2 aromatic carbocycles. The number of hydrogen-bond donors (Lipinski definition) is 4. The molecule has 0 spiro atoms. The van der Waals surface area contributed by atoms with Crippen LogP contribution in [0.4, 0.5) is 0 Å². The van der Waals surface area contributed by atoms with Crippen molar-refractivity contribution in [2.45, 2.75) is 43.7 Å². The minimum absolute atomic E-state index is 0. The van der Waals surface area contributed by atoms with Gasteiger partial charge in [-0.05, 0) is 35.2 Å². The molecule has 0 radical (unpaired) electrons. The number of aliphatic hydroxyl groups excluding tert-OH is 4. The lowest BCUT2D eigenvalue weighted by molar-refractivity contribution is -0.686. The molecule has 3 aliphatic heterocycles. The molecule has 1 fully saturated rings. The Bertz CT molecular complexity index is 1300. The van der Waals surface area contributed by atoms with E-state index in [-0.39, 0.29) is 30.8 Å². The second-order valence-corrected chi connectivity index (χ2v) is 8.88. The SMILES string of the molecule is COc1ccc2cc3[n+](cc2c1OC1O[C@H](CO)[C@@H](O)[C@H](O)[C@H]1O)CCc1cc2c(cc1-3)OCO2.[I-]. The molecule has 0 aliphatic carbocycles. The van der Waals surface area contributed by atoms with Gasteiger partial charge < -0.3 is 68.1 Å². The van der Waals surface area contributed by atoms with E-state index in [1.165, 1.54) is 12.7 Å². The Balaban J connectivity index is 0.00000267. The van der Waals surface area contributed by atoms with Gasteiger partial charge in [0.05, 0.1) is 24.7 Å². The van der Waals surface area contributed by atoms with Gasteiger partial charge in [-0.1, -0.05) is 0 Å². The molecular weight excluding hydrogens is 585 g/mol. The zero-order valence-electron chi connectivity index (χ0n) is 19.3. The fourth-order valence-corrected chi connectivity index (χ4v) is 4.96. The molecule has 4 heterocycles. The predicted octanol–water partition coefficient (Wildman–Crippen LogP) is -2.73. The first-order valence-electron chi connectivity index (χ1n) is 11.4. The maximum absolute atomic E-state index is 10.5. The molecule has 0 saturated carbocycles. The summed E-state index contributed by atoms with van der Waals surface area (Å²) in [5, 5.41) is 41.8. The quantitative estimate of drug-likeness (QED) is 0.184. The molecule has 0 amide bonds. The molecule has 3 aliphatic rings. The Morgan fingerprint density at radius 2 is 1.81 bits per heavy atom. The number of rotatable bonds is 4. The van der Waals surface area contributed by atoms with Gasteiger partial charge in [-0.2, -0.15) is 4.57 Å². The Morgan fingerprint density at radius 1 is 1.03 bits per heavy atom. The largest absolute Gasteiger partial charge is 1.00 e. The van der Waals surface area contributed by atoms with Crippen LogP contribution in [0.1, 0.15) is 5.56 Å². The second kappa shape index (κ2) is 9.80. The average Bonchev–Trinajstić information content (AvgIpc) is 3.34. The van der Waals surface area contributed by atoms with E-state index in [1.54, 1.807) is 6.07 Å². The molecule has 1 unspecified atom stereocenters. The van der Waals surface area contributed by atoms with Crippen molar-refractivity contribution in [2.75, 3.05) is 20.5 Å². The fraction of sp³-hybridized carbons (Fsp3) is 0.400. The highest BCUT2D eigenvalue weighted by Gasteiger charge is 2.45. The van der Waals surface area contributed by atoms with E-state index in [1.807, 2.05) is 24.4 Å². The maximum atomic E-state index is 10.5. The summed E-state index contributed by atoms with van der Waals surface area (Å²) < 4.78 is 30.4. The molecule has 192 valence electrons. The number of aliphatic hydroxyl groups is 4. The highest BCUT2D eigenvalue weighted by Crippen LogP contribution is 2.42. The molecule has 10 nitrogen and oxygen atoms in total. The summed E-state index contributed by atoms with van der Waals surface area (Å²) in [6.07, 6.45) is -4.19. The van der Waals surface area contributed by atoms with Crippen molar-refractivity contribution >= 4 is 10.8 Å². The lowest BCUT2D eigenvalue weighted by Gasteiger charge is -2.39. The molecule has 3 aromatic rings. The number of ether oxygens (including phenoxy) is 5. The van der Waals surface area contributed by atoms with Crippen molar-refractivity contribution in [2.24, 2.45) is 0 Å². The van der Waals surface area contributed by atoms with Gasteiger partial charge in [-0.25, -0.2) is 0 Å². The third kappa shape index (κ3) is 4.03. The van der Waals surface area contributed by atoms with Crippen LogP contribution in [-0.2, 0) is 17.7 Å². The Morgan fingerprint density at radius 3 is 2.56 bits per heavy atom. The van der Waals surface area contributed by atoms with Crippen molar-refractivity contribution in [3.05, 3.63) is 42.1 Å². The Labute approximate surface area is 223 Å².